The summed E-state index contributed by atoms with van der Waals surface area (Å²) >= 11 is 3.90. The number of carbonyl (C=O) groups is 1. The van der Waals surface area contributed by atoms with E-state index >= 15 is 0 Å². The van der Waals surface area contributed by atoms with E-state index in [1.54, 1.807) is 0 Å². The van der Waals surface area contributed by atoms with Gasteiger partial charge in [-0.3, -0.25) is 4.79 Å². The van der Waals surface area contributed by atoms with Crippen molar-refractivity contribution in [3.05, 3.63) is 88.4 Å². The van der Waals surface area contributed by atoms with Gasteiger partial charge >= 0.3 is 5.97 Å². The lowest BCUT2D eigenvalue weighted by Gasteiger charge is -2.13. The first-order valence-corrected chi connectivity index (χ1v) is 12.7. The summed E-state index contributed by atoms with van der Waals surface area (Å²) in [7, 11) is 0. The first-order valence-electron chi connectivity index (χ1n) is 11.9. The second-order valence-electron chi connectivity index (χ2n) is 8.72. The summed E-state index contributed by atoms with van der Waals surface area (Å²) in [5, 5.41) is 1.18. The van der Waals surface area contributed by atoms with Crippen molar-refractivity contribution in [1.29, 1.82) is 0 Å². The van der Waals surface area contributed by atoms with Crippen LogP contribution in [0.15, 0.2) is 77.3 Å². The van der Waals surface area contributed by atoms with Crippen LogP contribution in [-0.2, 0) is 22.7 Å². The van der Waals surface area contributed by atoms with Gasteiger partial charge in [0, 0.05) is 23.0 Å². The number of carbonyl (C=O) groups excluding carboxylic acids is 1. The first-order chi connectivity index (χ1) is 16.6. The van der Waals surface area contributed by atoms with Crippen LogP contribution in [0.1, 0.15) is 43.2 Å². The Labute approximate surface area is 208 Å². The lowest BCUT2D eigenvalue weighted by molar-refractivity contribution is -0.143. The maximum atomic E-state index is 12.2. The number of ether oxygens (including phenoxy) is 2. The third kappa shape index (κ3) is 4.90. The van der Waals surface area contributed by atoms with Gasteiger partial charge in [-0.15, -0.1) is 0 Å². The Balaban J connectivity index is 1.51. The number of halogens is 1. The number of esters is 1. The molecule has 34 heavy (non-hydrogen) atoms. The molecule has 1 fully saturated rings. The highest BCUT2D eigenvalue weighted by Crippen LogP contribution is 2.44. The zero-order chi connectivity index (χ0) is 23.5. The molecule has 4 aromatic rings. The average Bonchev–Trinajstić information content (AvgIpc) is 3.67. The predicted octanol–water partition coefficient (Wildman–Crippen LogP) is 7.48. The van der Waals surface area contributed by atoms with E-state index in [1.807, 2.05) is 37.3 Å². The highest BCUT2D eigenvalue weighted by Gasteiger charge is 2.25. The second-order valence-corrected chi connectivity index (χ2v) is 9.52. The molecule has 3 aromatic carbocycles. The average molecular weight is 518 g/mol. The Morgan fingerprint density at radius 1 is 1.03 bits per heavy atom. The molecule has 5 rings (SSSR count). The van der Waals surface area contributed by atoms with E-state index in [0.717, 1.165) is 32.6 Å². The number of aryl methyl sites for hydroxylation is 1. The molecule has 0 atom stereocenters. The van der Waals surface area contributed by atoms with Crippen LogP contribution in [0.2, 0.25) is 0 Å². The molecule has 0 N–H and O–H groups in total. The summed E-state index contributed by atoms with van der Waals surface area (Å²) < 4.78 is 14.6. The number of hydrogen-bond donors (Lipinski definition) is 0. The van der Waals surface area contributed by atoms with Gasteiger partial charge in [-0.1, -0.05) is 48.5 Å². The van der Waals surface area contributed by atoms with Crippen LogP contribution in [0.4, 0.5) is 0 Å². The van der Waals surface area contributed by atoms with Crippen molar-refractivity contribution in [3.8, 4) is 17.0 Å². The molecule has 1 saturated carbocycles. The molecule has 1 heterocycles. The maximum absolute atomic E-state index is 12.2. The summed E-state index contributed by atoms with van der Waals surface area (Å²) in [6.45, 7) is 3.30. The van der Waals surface area contributed by atoms with Crippen LogP contribution >= 0.6 is 15.9 Å². The summed E-state index contributed by atoms with van der Waals surface area (Å²) in [5.74, 6) is 1.31. The number of benzene rings is 3. The molecule has 1 aromatic heterocycles. The fraction of sp³-hybridized carbons (Fsp3) is 0.276. The minimum atomic E-state index is -0.180. The lowest BCUT2D eigenvalue weighted by Crippen LogP contribution is -2.09. The third-order valence-corrected chi connectivity index (χ3v) is 7.08. The van der Waals surface area contributed by atoms with Gasteiger partial charge in [0.1, 0.15) is 12.4 Å². The smallest absolute Gasteiger partial charge is 0.307 e. The highest BCUT2D eigenvalue weighted by atomic mass is 79.9. The molecule has 5 heteroatoms. The summed E-state index contributed by atoms with van der Waals surface area (Å²) in [4.78, 5) is 12.2. The molecule has 0 bridgehead atoms. The molecular formula is C29H28BrNO3. The van der Waals surface area contributed by atoms with Crippen molar-refractivity contribution in [2.75, 3.05) is 6.61 Å². The minimum absolute atomic E-state index is 0.180. The van der Waals surface area contributed by atoms with Crippen LogP contribution in [0.3, 0.4) is 0 Å². The zero-order valence-corrected chi connectivity index (χ0v) is 20.9. The fourth-order valence-electron chi connectivity index (χ4n) is 4.43. The summed E-state index contributed by atoms with van der Waals surface area (Å²) in [6.07, 6.45) is 2.85. The molecular weight excluding hydrogens is 490 g/mol. The quantitative estimate of drug-likeness (QED) is 0.216. The van der Waals surface area contributed by atoms with Crippen molar-refractivity contribution in [1.82, 2.24) is 4.57 Å². The SMILES string of the molecule is CCOC(=O)CCn1c(-c2cccc(OCc3ccccc3)c2)c(Br)c2cc(C3CC3)ccc21. The Hall–Kier alpha value is -3.05. The highest BCUT2D eigenvalue weighted by molar-refractivity contribution is 9.10. The number of nitrogens with zero attached hydrogens (tertiary/aromatic N) is 1. The van der Waals surface area contributed by atoms with Crippen molar-refractivity contribution in [2.24, 2.45) is 0 Å². The monoisotopic (exact) mass is 517 g/mol. The van der Waals surface area contributed by atoms with E-state index in [1.165, 1.54) is 23.8 Å². The van der Waals surface area contributed by atoms with Gasteiger partial charge in [-0.25, -0.2) is 0 Å². The molecule has 174 valence electrons. The molecule has 1 aliphatic carbocycles. The van der Waals surface area contributed by atoms with E-state index in [2.05, 4.69) is 63.0 Å². The van der Waals surface area contributed by atoms with Crippen molar-refractivity contribution < 1.29 is 14.3 Å². The van der Waals surface area contributed by atoms with E-state index in [-0.39, 0.29) is 5.97 Å². The number of rotatable bonds is 9. The third-order valence-electron chi connectivity index (χ3n) is 6.28. The van der Waals surface area contributed by atoms with E-state index < -0.39 is 0 Å². The standard InChI is InChI=1S/C29H28BrNO3/c1-2-33-27(32)15-16-31-26-14-13-22(21-11-12-21)18-25(26)28(30)29(31)23-9-6-10-24(17-23)34-19-20-7-4-3-5-8-20/h3-10,13-14,17-18,21H,2,11-12,15-16,19H2,1H3. The Morgan fingerprint density at radius 2 is 1.85 bits per heavy atom. The first kappa shape index (κ1) is 22.7. The molecule has 0 unspecified atom stereocenters. The van der Waals surface area contributed by atoms with Gasteiger partial charge in [0.15, 0.2) is 0 Å². The van der Waals surface area contributed by atoms with Crippen LogP contribution < -0.4 is 4.74 Å². The maximum Gasteiger partial charge on any atom is 0.307 e. The lowest BCUT2D eigenvalue weighted by atomic mass is 10.1. The molecule has 0 aliphatic heterocycles. The molecule has 4 nitrogen and oxygen atoms in total. The van der Waals surface area contributed by atoms with Gasteiger partial charge in [-0.05, 0) is 77.0 Å². The molecule has 0 spiro atoms. The van der Waals surface area contributed by atoms with Crippen molar-refractivity contribution in [2.45, 2.75) is 45.3 Å². The Kier molecular flexibility index (Phi) is 6.73. The van der Waals surface area contributed by atoms with Crippen LogP contribution in [0, 0.1) is 0 Å². The molecule has 0 radical (unpaired) electrons. The van der Waals surface area contributed by atoms with E-state index in [4.69, 9.17) is 9.47 Å². The van der Waals surface area contributed by atoms with Crippen molar-refractivity contribution in [3.63, 3.8) is 0 Å². The minimum Gasteiger partial charge on any atom is -0.489 e. The number of fused-ring (bicyclic) bond motifs is 1. The van der Waals surface area contributed by atoms with Crippen LogP contribution in [0.5, 0.6) is 5.75 Å². The Morgan fingerprint density at radius 3 is 2.62 bits per heavy atom. The summed E-state index contributed by atoms with van der Waals surface area (Å²) in [5.41, 5.74) is 5.74. The normalized spacial score (nSPS) is 13.2. The van der Waals surface area contributed by atoms with Gasteiger partial charge < -0.3 is 14.0 Å². The Bertz CT molecular complexity index is 1310. The molecule has 0 saturated heterocycles. The van der Waals surface area contributed by atoms with Gasteiger partial charge in [0.2, 0.25) is 0 Å². The van der Waals surface area contributed by atoms with Gasteiger partial charge in [0.05, 0.1) is 23.2 Å². The van der Waals surface area contributed by atoms with Gasteiger partial charge in [-0.2, -0.15) is 0 Å². The number of aromatic nitrogens is 1. The largest absolute Gasteiger partial charge is 0.489 e. The number of hydrogen-bond acceptors (Lipinski definition) is 3. The second kappa shape index (κ2) is 10.1. The van der Waals surface area contributed by atoms with Crippen LogP contribution in [-0.4, -0.2) is 17.1 Å². The van der Waals surface area contributed by atoms with Crippen molar-refractivity contribution >= 4 is 32.8 Å². The van der Waals surface area contributed by atoms with Crippen LogP contribution in [0.25, 0.3) is 22.2 Å². The van der Waals surface area contributed by atoms with E-state index in [0.29, 0.717) is 32.1 Å². The van der Waals surface area contributed by atoms with E-state index in [9.17, 15) is 4.79 Å². The van der Waals surface area contributed by atoms with Gasteiger partial charge in [0.25, 0.3) is 0 Å². The topological polar surface area (TPSA) is 40.5 Å². The zero-order valence-electron chi connectivity index (χ0n) is 19.3. The predicted molar refractivity (Wildman–Crippen MR) is 139 cm³/mol. The fourth-order valence-corrected chi connectivity index (χ4v) is 5.19. The summed E-state index contributed by atoms with van der Waals surface area (Å²) in [6, 6.07) is 25.1. The molecule has 0 amide bonds. The molecule has 1 aliphatic rings.